The van der Waals surface area contributed by atoms with Crippen LogP contribution < -0.4 is 20.1 Å². The number of esters is 3. The van der Waals surface area contributed by atoms with Gasteiger partial charge in [-0.15, -0.1) is 0 Å². The van der Waals surface area contributed by atoms with E-state index in [1.165, 1.54) is 81.6 Å². The fraction of sp³-hybridized carbons (Fsp3) is 0.372. The number of halogens is 5. The number of carbonyl (C=O) groups excluding carboxylic acids is 5. The second-order valence-electron chi connectivity index (χ2n) is 14.5. The molecule has 3 aromatic carbocycles. The van der Waals surface area contributed by atoms with Crippen molar-refractivity contribution in [2.45, 2.75) is 45.2 Å². The number of aliphatic carboxylic acids is 2. The molecule has 4 rings (SSSR count). The first-order valence-electron chi connectivity index (χ1n) is 19.3. The number of ketones is 1. The monoisotopic (exact) mass is 890 g/mol. The molecule has 63 heavy (non-hydrogen) atoms. The van der Waals surface area contributed by atoms with Gasteiger partial charge in [-0.1, -0.05) is 26.0 Å². The van der Waals surface area contributed by atoms with E-state index >= 15 is 0 Å². The molecule has 1 aliphatic carbocycles. The molecule has 0 aromatic heterocycles. The third-order valence-corrected chi connectivity index (χ3v) is 9.72. The Hall–Kier alpha value is -6.86. The van der Waals surface area contributed by atoms with Crippen molar-refractivity contribution in [3.63, 3.8) is 0 Å². The van der Waals surface area contributed by atoms with E-state index in [0.29, 0.717) is 11.3 Å². The van der Waals surface area contributed by atoms with Gasteiger partial charge in [0.1, 0.15) is 17.3 Å². The molecule has 0 radical (unpaired) electrons. The molecule has 2 atom stereocenters. The van der Waals surface area contributed by atoms with Crippen LogP contribution in [0.3, 0.4) is 0 Å². The molecule has 15 nitrogen and oxygen atoms in total. The second-order valence-corrected chi connectivity index (χ2v) is 14.5. The number of benzene rings is 3. The molecule has 1 saturated carbocycles. The number of carboxylic acids is 2. The van der Waals surface area contributed by atoms with Gasteiger partial charge in [-0.3, -0.25) is 19.2 Å². The van der Waals surface area contributed by atoms with E-state index in [9.17, 15) is 65.7 Å². The minimum Gasteiger partial charge on any atom is -0.494 e. The molecular weight excluding hydrogens is 847 g/mol. The summed E-state index contributed by atoms with van der Waals surface area (Å²) in [6, 6.07) is 15.4. The first kappa shape index (κ1) is 48.8. The van der Waals surface area contributed by atoms with Gasteiger partial charge in [-0.25, -0.2) is 14.4 Å². The van der Waals surface area contributed by atoms with Gasteiger partial charge in [0.2, 0.25) is 5.91 Å². The summed E-state index contributed by atoms with van der Waals surface area (Å²) < 4.78 is 83.8. The number of amides is 1. The molecule has 2 unspecified atom stereocenters. The van der Waals surface area contributed by atoms with Crippen molar-refractivity contribution in [3.8, 4) is 11.5 Å². The summed E-state index contributed by atoms with van der Waals surface area (Å²) in [5.41, 5.74) is 0.992. The predicted octanol–water partition coefficient (Wildman–Crippen LogP) is 6.92. The Kier molecular flexibility index (Phi) is 16.5. The van der Waals surface area contributed by atoms with Crippen LogP contribution in [0.2, 0.25) is 0 Å². The zero-order valence-electron chi connectivity index (χ0n) is 33.9. The lowest BCUT2D eigenvalue weighted by atomic mass is 9.53. The van der Waals surface area contributed by atoms with Crippen molar-refractivity contribution in [3.05, 3.63) is 89.5 Å². The summed E-state index contributed by atoms with van der Waals surface area (Å²) in [6.07, 6.45) is -4.95. The average molecular weight is 891 g/mol. The number of nitrogens with one attached hydrogen (secondary N) is 2. The molecule has 0 bridgehead atoms. The Labute approximate surface area is 356 Å². The number of ether oxygens (including phenoxy) is 4. The summed E-state index contributed by atoms with van der Waals surface area (Å²) in [4.78, 5) is 87.6. The average Bonchev–Trinajstić information content (AvgIpc) is 3.20. The summed E-state index contributed by atoms with van der Waals surface area (Å²) in [6.45, 7) is 2.31. The van der Waals surface area contributed by atoms with Crippen LogP contribution in [0.4, 0.5) is 33.3 Å². The second kappa shape index (κ2) is 21.3. The topological polar surface area (TPSA) is 221 Å². The maximum Gasteiger partial charge on any atom is 0.453 e. The maximum absolute atomic E-state index is 13.2. The zero-order chi connectivity index (χ0) is 46.6. The SMILES string of the molecule is CNc1cc(NC(=O)C2C(C(=O)O)C(C(=O)C(C)C)C2C(=O)O)cc(C(=O)OCCCOC(=O)/C=C/c2ccc(OC(=O)c3ccc(OCCCC(F)(F)C(F)(F)F)cc3)cc2)c1. The van der Waals surface area contributed by atoms with E-state index in [1.54, 1.807) is 12.1 Å². The van der Waals surface area contributed by atoms with E-state index in [1.807, 2.05) is 0 Å². The number of Topliss-reactive ketones (excluding diaryl/α,β-unsaturated/α-hetero) is 1. The fourth-order valence-corrected chi connectivity index (χ4v) is 6.43. The fourth-order valence-electron chi connectivity index (χ4n) is 6.43. The van der Waals surface area contributed by atoms with E-state index in [2.05, 4.69) is 10.6 Å². The number of carboxylic acid groups (broad SMARTS) is 2. The van der Waals surface area contributed by atoms with Crippen LogP contribution in [0.25, 0.3) is 6.08 Å². The normalized spacial score (nSPS) is 17.3. The number of hydrogen-bond donors (Lipinski definition) is 4. The summed E-state index contributed by atoms with van der Waals surface area (Å²) in [5.74, 6) is -18.0. The molecule has 20 heteroatoms. The smallest absolute Gasteiger partial charge is 0.453 e. The van der Waals surface area contributed by atoms with Gasteiger partial charge in [0.15, 0.2) is 0 Å². The van der Waals surface area contributed by atoms with E-state index in [-0.39, 0.29) is 47.9 Å². The Morgan fingerprint density at radius 1 is 0.698 bits per heavy atom. The van der Waals surface area contributed by atoms with E-state index < -0.39 is 103 Å². The highest BCUT2D eigenvalue weighted by atomic mass is 19.4. The molecule has 3 aromatic rings. The summed E-state index contributed by atoms with van der Waals surface area (Å²) >= 11 is 0. The number of hydrogen-bond acceptors (Lipinski definition) is 12. The number of alkyl halides is 5. The molecule has 0 saturated heterocycles. The van der Waals surface area contributed by atoms with Gasteiger partial charge < -0.3 is 39.8 Å². The third-order valence-electron chi connectivity index (χ3n) is 9.72. The van der Waals surface area contributed by atoms with E-state index in [0.717, 1.165) is 6.08 Å². The predicted molar refractivity (Wildman–Crippen MR) is 212 cm³/mol. The molecule has 0 spiro atoms. The Balaban J connectivity index is 1.20. The molecule has 0 aliphatic heterocycles. The Bertz CT molecular complexity index is 2170. The molecule has 1 fully saturated rings. The van der Waals surface area contributed by atoms with Crippen molar-refractivity contribution < 1.29 is 84.7 Å². The van der Waals surface area contributed by atoms with Crippen LogP contribution in [-0.2, 0) is 33.4 Å². The minimum atomic E-state index is -5.64. The van der Waals surface area contributed by atoms with Crippen molar-refractivity contribution >= 4 is 59.0 Å². The van der Waals surface area contributed by atoms with Gasteiger partial charge in [0, 0.05) is 49.2 Å². The maximum atomic E-state index is 13.2. The van der Waals surface area contributed by atoms with Crippen molar-refractivity contribution in [1.82, 2.24) is 0 Å². The summed E-state index contributed by atoms with van der Waals surface area (Å²) in [5, 5.41) is 24.8. The molecule has 4 N–H and O–H groups in total. The number of rotatable bonds is 21. The largest absolute Gasteiger partial charge is 0.494 e. The molecule has 1 amide bonds. The highest BCUT2D eigenvalue weighted by Gasteiger charge is 2.63. The summed E-state index contributed by atoms with van der Waals surface area (Å²) in [7, 11) is 1.53. The van der Waals surface area contributed by atoms with Gasteiger partial charge in [-0.05, 0) is 72.7 Å². The van der Waals surface area contributed by atoms with Crippen LogP contribution in [0.15, 0.2) is 72.8 Å². The quantitative estimate of drug-likeness (QED) is 0.0281. The van der Waals surface area contributed by atoms with Gasteiger partial charge in [-0.2, -0.15) is 22.0 Å². The Morgan fingerprint density at radius 2 is 1.29 bits per heavy atom. The highest BCUT2D eigenvalue weighted by molar-refractivity contribution is 6.05. The van der Waals surface area contributed by atoms with Crippen LogP contribution >= 0.6 is 0 Å². The highest BCUT2D eigenvalue weighted by Crippen LogP contribution is 2.49. The Morgan fingerprint density at radius 3 is 1.86 bits per heavy atom. The number of carbonyl (C=O) groups is 7. The third kappa shape index (κ3) is 13.1. The standard InChI is InChI=1S/C43H43F5N2O13/c1-23(2)36(52)32-34(38(54)55)33(35(32)39(56)57)37(53)50-28-21-26(20-27(22-28)49-3)40(58)62-19-5-18-61-31(51)15-8-24-6-11-30(12-7-24)63-41(59)25-9-13-29(14-10-25)60-17-4-16-42(44,45)43(46,47)48/h6-15,20-23,32-35,49H,4-5,16-19H2,1-3H3,(H,50,53)(H,54,55)(H,56,57)/b15-8+. The van der Waals surface area contributed by atoms with Crippen LogP contribution in [0, 0.1) is 29.6 Å². The van der Waals surface area contributed by atoms with Crippen molar-refractivity contribution in [2.75, 3.05) is 37.5 Å². The van der Waals surface area contributed by atoms with Crippen LogP contribution in [0.1, 0.15) is 59.4 Å². The van der Waals surface area contributed by atoms with E-state index in [4.69, 9.17) is 18.9 Å². The van der Waals surface area contributed by atoms with Crippen molar-refractivity contribution in [1.29, 1.82) is 0 Å². The van der Waals surface area contributed by atoms with Crippen LogP contribution in [-0.4, -0.2) is 90.7 Å². The lowest BCUT2D eigenvalue weighted by Crippen LogP contribution is -2.61. The molecule has 0 heterocycles. The van der Waals surface area contributed by atoms with Gasteiger partial charge in [0.05, 0.1) is 48.7 Å². The molecule has 338 valence electrons. The lowest BCUT2D eigenvalue weighted by molar-refractivity contribution is -0.284. The minimum absolute atomic E-state index is 0.0237. The van der Waals surface area contributed by atoms with Gasteiger partial charge in [0.25, 0.3) is 0 Å². The van der Waals surface area contributed by atoms with Gasteiger partial charge >= 0.3 is 41.9 Å². The first-order chi connectivity index (χ1) is 29.6. The molecular formula is C43H43F5N2O13. The lowest BCUT2D eigenvalue weighted by Gasteiger charge is -2.46. The first-order valence-corrected chi connectivity index (χ1v) is 19.3. The van der Waals surface area contributed by atoms with Crippen molar-refractivity contribution in [2.24, 2.45) is 29.6 Å². The number of anilines is 2. The zero-order valence-corrected chi connectivity index (χ0v) is 33.9. The van der Waals surface area contributed by atoms with Crippen LogP contribution in [0.5, 0.6) is 11.5 Å². The molecule has 1 aliphatic rings.